The zero-order chi connectivity index (χ0) is 39.2. The third-order valence-corrected chi connectivity index (χ3v) is 11.3. The highest BCUT2D eigenvalue weighted by Gasteiger charge is 2.42. The van der Waals surface area contributed by atoms with E-state index in [9.17, 15) is 33.0 Å². The maximum Gasteiger partial charge on any atom is 0.322 e. The van der Waals surface area contributed by atoms with Crippen LogP contribution >= 0.6 is 0 Å². The molecule has 296 valence electrons. The molecule has 1 fully saturated rings. The van der Waals surface area contributed by atoms with Gasteiger partial charge in [0.25, 0.3) is 0 Å². The topological polar surface area (TPSA) is 192 Å². The van der Waals surface area contributed by atoms with E-state index in [-0.39, 0.29) is 48.9 Å². The molecule has 0 radical (unpaired) electrons. The number of carbonyl (C=O) groups excluding carboxylic acids is 5. The Morgan fingerprint density at radius 1 is 0.922 bits per heavy atom. The molecule has 1 heterocycles. The average molecular weight is 748 g/mol. The number of rotatable bonds is 22. The minimum Gasteiger partial charge on any atom is -0.480 e. The molecule has 5 amide bonds. The first kappa shape index (κ1) is 45.9. The Bertz CT molecular complexity index is 1240. The Balaban J connectivity index is 3.06. The molecule has 51 heavy (non-hydrogen) atoms. The largest absolute Gasteiger partial charge is 0.480 e. The Morgan fingerprint density at radius 2 is 1.53 bits per heavy atom. The number of hydrogen-bond acceptors (Lipinski definition) is 9. The molecule has 1 rings (SSSR count). The first-order valence-electron chi connectivity index (χ1n) is 17.9. The van der Waals surface area contributed by atoms with Crippen molar-refractivity contribution in [3.8, 4) is 0 Å². The Labute approximate surface area is 305 Å². The van der Waals surface area contributed by atoms with Gasteiger partial charge in [0.1, 0.15) is 12.6 Å². The highest BCUT2D eigenvalue weighted by atomic mass is 32.2. The molecule has 1 aliphatic rings. The Hall–Kier alpha value is -3.11. The van der Waals surface area contributed by atoms with Gasteiger partial charge in [-0.3, -0.25) is 33.0 Å². The molecular weight excluding hydrogens is 682 g/mol. The van der Waals surface area contributed by atoms with Crippen molar-refractivity contribution in [2.45, 2.75) is 103 Å². The zero-order valence-corrected chi connectivity index (χ0v) is 33.5. The molecule has 1 aliphatic heterocycles. The molecule has 0 bridgehead atoms. The van der Waals surface area contributed by atoms with E-state index in [4.69, 9.17) is 14.6 Å². The molecule has 0 aromatic carbocycles. The van der Waals surface area contributed by atoms with Gasteiger partial charge in [-0.25, -0.2) is 0 Å². The number of thiol groups is 1. The van der Waals surface area contributed by atoms with Crippen LogP contribution in [0.3, 0.4) is 0 Å². The summed E-state index contributed by atoms with van der Waals surface area (Å²) < 4.78 is 23.6. The van der Waals surface area contributed by atoms with Crippen LogP contribution in [-0.4, -0.2) is 156 Å². The summed E-state index contributed by atoms with van der Waals surface area (Å²) in [4.78, 5) is 81.9. The van der Waals surface area contributed by atoms with Gasteiger partial charge < -0.3 is 39.9 Å². The van der Waals surface area contributed by atoms with Gasteiger partial charge in [-0.2, -0.15) is 0 Å². The monoisotopic (exact) mass is 747 g/mol. The highest BCUT2D eigenvalue weighted by molar-refractivity contribution is 8.01. The minimum atomic E-state index is -2.26. The number of methoxy groups -OCH3 is 2. The minimum absolute atomic E-state index is 0.0458. The van der Waals surface area contributed by atoms with Crippen LogP contribution in [0.1, 0.15) is 73.1 Å². The quantitative estimate of drug-likeness (QED) is 0.115. The average Bonchev–Trinajstić information content (AvgIpc) is 3.54. The summed E-state index contributed by atoms with van der Waals surface area (Å²) in [6.45, 7) is 8.83. The van der Waals surface area contributed by atoms with Gasteiger partial charge in [0.2, 0.25) is 29.5 Å². The van der Waals surface area contributed by atoms with Gasteiger partial charge >= 0.3 is 5.97 Å². The molecule has 3 N–H and O–H groups in total. The number of carboxylic acids is 1. The standard InChI is InChI=1S/C35H65N5O10S/c1-12-23(4)32(39(7)29(43)20-36-35(47)31(22(2)3)38(6)27(41)16-14-18-51(10,11)48)26(49-8)19-28(42)40-17-13-15-25(40)33(50-9)24(5)34(46)37-21-30(44)45/h22-26,31-33,51H,12-21H2,1-11H3,(H,36,47)(H,37,46)(H,44,45)/t23-,24+,25-,26+,31?,32-,33+/m0/s1. The summed E-state index contributed by atoms with van der Waals surface area (Å²) in [5.74, 6) is -3.55. The number of hydrogen-bond donors (Lipinski definition) is 4. The number of amides is 5. The molecular formula is C35H65N5O10S. The van der Waals surface area contributed by atoms with Crippen LogP contribution in [0.2, 0.25) is 0 Å². The number of nitrogens with one attached hydrogen (secondary N) is 2. The smallest absolute Gasteiger partial charge is 0.322 e. The normalized spacial score (nSPS) is 18.6. The molecule has 0 aromatic rings. The van der Waals surface area contributed by atoms with Crippen molar-refractivity contribution in [2.24, 2.45) is 17.8 Å². The van der Waals surface area contributed by atoms with Gasteiger partial charge in [0.15, 0.2) is 0 Å². The van der Waals surface area contributed by atoms with Gasteiger partial charge in [-0.1, -0.05) is 41.0 Å². The van der Waals surface area contributed by atoms with Crippen LogP contribution < -0.4 is 10.6 Å². The van der Waals surface area contributed by atoms with Gasteiger partial charge in [0.05, 0.1) is 43.2 Å². The van der Waals surface area contributed by atoms with Crippen molar-refractivity contribution >= 4 is 45.4 Å². The molecule has 1 unspecified atom stereocenters. The number of carboxylic acid groups (broad SMARTS) is 1. The van der Waals surface area contributed by atoms with E-state index in [0.717, 1.165) is 0 Å². The number of carbonyl (C=O) groups is 6. The number of likely N-dealkylation sites (tertiary alicyclic amines) is 1. The van der Waals surface area contributed by atoms with Crippen LogP contribution in [0.15, 0.2) is 0 Å². The number of nitrogens with zero attached hydrogens (tertiary/aromatic N) is 3. The summed E-state index contributed by atoms with van der Waals surface area (Å²) in [5.41, 5.74) is 0. The molecule has 16 heteroatoms. The van der Waals surface area contributed by atoms with Crippen molar-refractivity contribution < 1.29 is 47.6 Å². The van der Waals surface area contributed by atoms with E-state index in [1.165, 1.54) is 24.0 Å². The van der Waals surface area contributed by atoms with E-state index >= 15 is 0 Å². The lowest BCUT2D eigenvalue weighted by Gasteiger charge is -2.39. The maximum absolute atomic E-state index is 13.9. The van der Waals surface area contributed by atoms with Gasteiger partial charge in [-0.05, 0) is 43.6 Å². The van der Waals surface area contributed by atoms with Crippen molar-refractivity contribution in [3.63, 3.8) is 0 Å². The predicted molar refractivity (Wildman–Crippen MR) is 197 cm³/mol. The van der Waals surface area contributed by atoms with E-state index in [1.54, 1.807) is 38.4 Å². The lowest BCUT2D eigenvalue weighted by Crippen LogP contribution is -2.55. The highest BCUT2D eigenvalue weighted by Crippen LogP contribution is 2.29. The molecule has 0 saturated carbocycles. The van der Waals surface area contributed by atoms with Crippen LogP contribution in [0.4, 0.5) is 0 Å². The van der Waals surface area contributed by atoms with Crippen LogP contribution in [0.25, 0.3) is 0 Å². The second-order valence-electron chi connectivity index (χ2n) is 14.6. The fourth-order valence-electron chi connectivity index (χ4n) is 6.91. The molecule has 0 spiro atoms. The van der Waals surface area contributed by atoms with Crippen molar-refractivity contribution in [1.29, 1.82) is 0 Å². The van der Waals surface area contributed by atoms with E-state index in [1.807, 2.05) is 27.7 Å². The fraction of sp³-hybridized carbons (Fsp3) is 0.829. The second kappa shape index (κ2) is 21.4. The maximum atomic E-state index is 13.9. The predicted octanol–water partition coefficient (Wildman–Crippen LogP) is 0.763. The second-order valence-corrected chi connectivity index (χ2v) is 18.2. The fourth-order valence-corrected chi connectivity index (χ4v) is 7.83. The number of ether oxygens (including phenoxy) is 2. The van der Waals surface area contributed by atoms with E-state index < -0.39 is 70.5 Å². The van der Waals surface area contributed by atoms with Crippen molar-refractivity contribution in [3.05, 3.63) is 0 Å². The molecule has 15 nitrogen and oxygen atoms in total. The van der Waals surface area contributed by atoms with Crippen molar-refractivity contribution in [2.75, 3.05) is 66.2 Å². The third-order valence-electron chi connectivity index (χ3n) is 9.93. The number of likely N-dealkylation sites (N-methyl/N-ethyl adjacent to an activating group) is 2. The van der Waals surface area contributed by atoms with Crippen LogP contribution in [-0.2, 0) is 48.2 Å². The first-order chi connectivity index (χ1) is 23.7. The SMILES string of the molecule is CC[C@H](C)[C@@H]([C@@H](CC(=O)N1CCC[C@H]1[C@H](OC)[C@@H](C)C(=O)NCC(=O)O)OC)N(C)C(=O)CNC(=O)C(C(C)C)N(C)C(=O)CCC[SH](C)(C)=O. The summed E-state index contributed by atoms with van der Waals surface area (Å²) in [6.07, 6.45) is 4.55. The van der Waals surface area contributed by atoms with Crippen LogP contribution in [0, 0.1) is 17.8 Å². The molecule has 7 atom stereocenters. The molecule has 0 aromatic heterocycles. The van der Waals surface area contributed by atoms with Crippen LogP contribution in [0.5, 0.6) is 0 Å². The van der Waals surface area contributed by atoms with E-state index in [2.05, 4.69) is 10.6 Å². The Morgan fingerprint density at radius 3 is 2.04 bits per heavy atom. The molecule has 1 saturated heterocycles. The molecule has 0 aliphatic carbocycles. The summed E-state index contributed by atoms with van der Waals surface area (Å²) in [6, 6.07) is -1.75. The lowest BCUT2D eigenvalue weighted by atomic mass is 9.90. The lowest BCUT2D eigenvalue weighted by molar-refractivity contribution is -0.146. The Kier molecular flexibility index (Phi) is 19.3. The zero-order valence-electron chi connectivity index (χ0n) is 32.6. The summed E-state index contributed by atoms with van der Waals surface area (Å²) >= 11 is 0. The van der Waals surface area contributed by atoms with Gasteiger partial charge in [0, 0.05) is 47.0 Å². The van der Waals surface area contributed by atoms with Crippen molar-refractivity contribution in [1.82, 2.24) is 25.3 Å². The van der Waals surface area contributed by atoms with Gasteiger partial charge in [-0.15, -0.1) is 9.93 Å². The van der Waals surface area contributed by atoms with E-state index in [0.29, 0.717) is 38.0 Å². The summed E-state index contributed by atoms with van der Waals surface area (Å²) in [5, 5.41) is 14.0. The summed E-state index contributed by atoms with van der Waals surface area (Å²) in [7, 11) is 3.87. The third kappa shape index (κ3) is 14.1. The first-order valence-corrected chi connectivity index (χ1v) is 20.7. The number of aliphatic carboxylic acids is 1.